The van der Waals surface area contributed by atoms with Crippen LogP contribution in [0.25, 0.3) is 0 Å². The Morgan fingerprint density at radius 1 is 1.14 bits per heavy atom. The molecule has 0 unspecified atom stereocenters. The Kier molecular flexibility index (Phi) is 5.57. The van der Waals surface area contributed by atoms with E-state index in [-0.39, 0.29) is 11.2 Å². The summed E-state index contributed by atoms with van der Waals surface area (Å²) in [6.45, 7) is 3.75. The van der Waals surface area contributed by atoms with Crippen LogP contribution in [0, 0.1) is 6.92 Å². The molecular formula is C16H15Cl2NOS. The van der Waals surface area contributed by atoms with Gasteiger partial charge in [0, 0.05) is 20.6 Å². The van der Waals surface area contributed by atoms with E-state index in [1.807, 2.05) is 50.2 Å². The minimum absolute atomic E-state index is 0.0553. The van der Waals surface area contributed by atoms with Gasteiger partial charge in [0.2, 0.25) is 5.91 Å². The third-order valence-corrected chi connectivity index (χ3v) is 4.79. The van der Waals surface area contributed by atoms with Crippen LogP contribution in [0.4, 0.5) is 5.69 Å². The van der Waals surface area contributed by atoms with Crippen molar-refractivity contribution in [1.29, 1.82) is 0 Å². The van der Waals surface area contributed by atoms with E-state index >= 15 is 0 Å². The molecule has 0 aromatic heterocycles. The summed E-state index contributed by atoms with van der Waals surface area (Å²) in [5.41, 5.74) is 1.62. The average molecular weight is 340 g/mol. The van der Waals surface area contributed by atoms with Crippen LogP contribution in [0.3, 0.4) is 0 Å². The number of rotatable bonds is 4. The quantitative estimate of drug-likeness (QED) is 0.753. The van der Waals surface area contributed by atoms with Gasteiger partial charge in [-0.3, -0.25) is 4.79 Å². The molecule has 5 heteroatoms. The molecule has 0 radical (unpaired) electrons. The second-order valence-corrected chi connectivity index (χ2v) is 6.87. The average Bonchev–Trinajstić information content (AvgIpc) is 2.46. The Morgan fingerprint density at radius 2 is 1.81 bits per heavy atom. The lowest BCUT2D eigenvalue weighted by atomic mass is 10.2. The predicted octanol–water partition coefficient (Wildman–Crippen LogP) is 5.42. The van der Waals surface area contributed by atoms with E-state index in [9.17, 15) is 4.79 Å². The lowest BCUT2D eigenvalue weighted by Crippen LogP contribution is -2.22. The topological polar surface area (TPSA) is 29.1 Å². The lowest BCUT2D eigenvalue weighted by Gasteiger charge is -2.14. The summed E-state index contributed by atoms with van der Waals surface area (Å²) in [6.07, 6.45) is 0. The van der Waals surface area contributed by atoms with Crippen molar-refractivity contribution in [2.45, 2.75) is 24.0 Å². The van der Waals surface area contributed by atoms with Crippen molar-refractivity contribution in [3.8, 4) is 0 Å². The highest BCUT2D eigenvalue weighted by Gasteiger charge is 2.15. The fraction of sp³-hybridized carbons (Fsp3) is 0.188. The van der Waals surface area contributed by atoms with Crippen molar-refractivity contribution in [3.05, 3.63) is 58.1 Å². The molecule has 0 aliphatic rings. The normalized spacial score (nSPS) is 12.0. The van der Waals surface area contributed by atoms with Gasteiger partial charge in [0.15, 0.2) is 0 Å². The van der Waals surface area contributed by atoms with Crippen molar-refractivity contribution in [3.63, 3.8) is 0 Å². The Labute approximate surface area is 138 Å². The molecule has 0 aliphatic heterocycles. The highest BCUT2D eigenvalue weighted by molar-refractivity contribution is 8.00. The highest BCUT2D eigenvalue weighted by Crippen LogP contribution is 2.27. The zero-order valence-electron chi connectivity index (χ0n) is 11.7. The number of hydrogen-bond acceptors (Lipinski definition) is 2. The van der Waals surface area contributed by atoms with Crippen LogP contribution in [0.1, 0.15) is 12.5 Å². The monoisotopic (exact) mass is 339 g/mol. The summed E-state index contributed by atoms with van der Waals surface area (Å²) in [6, 6.07) is 12.9. The van der Waals surface area contributed by atoms with Crippen molar-refractivity contribution >= 4 is 46.6 Å². The number of hydrogen-bond donors (Lipinski definition) is 1. The third kappa shape index (κ3) is 4.40. The first-order valence-electron chi connectivity index (χ1n) is 6.45. The van der Waals surface area contributed by atoms with Crippen LogP contribution in [0.2, 0.25) is 10.0 Å². The molecule has 0 fully saturated rings. The van der Waals surface area contributed by atoms with Gasteiger partial charge in [0.1, 0.15) is 0 Å². The minimum Gasteiger partial charge on any atom is -0.325 e. The van der Waals surface area contributed by atoms with Crippen molar-refractivity contribution < 1.29 is 4.79 Å². The molecule has 2 rings (SSSR count). The van der Waals surface area contributed by atoms with Gasteiger partial charge in [-0.05, 0) is 55.8 Å². The van der Waals surface area contributed by atoms with Gasteiger partial charge in [-0.1, -0.05) is 29.3 Å². The lowest BCUT2D eigenvalue weighted by molar-refractivity contribution is -0.115. The molecular weight excluding hydrogens is 325 g/mol. The Bertz CT molecular complexity index is 643. The fourth-order valence-electron chi connectivity index (χ4n) is 1.75. The number of halogens is 2. The largest absolute Gasteiger partial charge is 0.325 e. The van der Waals surface area contributed by atoms with E-state index in [4.69, 9.17) is 23.2 Å². The van der Waals surface area contributed by atoms with Gasteiger partial charge in [0.05, 0.1) is 5.25 Å². The minimum atomic E-state index is -0.218. The molecule has 0 saturated heterocycles. The van der Waals surface area contributed by atoms with E-state index in [2.05, 4.69) is 5.32 Å². The number of benzene rings is 2. The Balaban J connectivity index is 2.02. The molecule has 0 spiro atoms. The molecule has 0 aliphatic carbocycles. The predicted molar refractivity (Wildman–Crippen MR) is 91.6 cm³/mol. The molecule has 0 bridgehead atoms. The Morgan fingerprint density at radius 3 is 2.48 bits per heavy atom. The van der Waals surface area contributed by atoms with Crippen molar-refractivity contribution in [2.24, 2.45) is 0 Å². The van der Waals surface area contributed by atoms with E-state index in [0.717, 1.165) is 16.1 Å². The highest BCUT2D eigenvalue weighted by atomic mass is 35.5. The zero-order chi connectivity index (χ0) is 15.4. The van der Waals surface area contributed by atoms with E-state index in [1.54, 1.807) is 6.07 Å². The number of nitrogens with one attached hydrogen (secondary N) is 1. The summed E-state index contributed by atoms with van der Waals surface area (Å²) in [5, 5.41) is 4.02. The maximum atomic E-state index is 12.2. The number of thioether (sulfide) groups is 1. The molecule has 1 N–H and O–H groups in total. The summed E-state index contributed by atoms with van der Waals surface area (Å²) in [4.78, 5) is 13.3. The zero-order valence-corrected chi connectivity index (χ0v) is 14.0. The van der Waals surface area contributed by atoms with Crippen LogP contribution in [0.15, 0.2) is 47.4 Å². The van der Waals surface area contributed by atoms with Crippen molar-refractivity contribution in [1.82, 2.24) is 0 Å². The summed E-state index contributed by atoms with van der Waals surface area (Å²) in [7, 11) is 0. The number of carbonyl (C=O) groups excluding carboxylic acids is 1. The number of carbonyl (C=O) groups is 1. The van der Waals surface area contributed by atoms with Crippen LogP contribution in [-0.4, -0.2) is 11.2 Å². The molecule has 0 heterocycles. The molecule has 2 aromatic rings. The smallest absolute Gasteiger partial charge is 0.237 e. The second kappa shape index (κ2) is 7.21. The summed E-state index contributed by atoms with van der Waals surface area (Å²) in [5.74, 6) is -0.0553. The number of amides is 1. The molecule has 1 amide bonds. The maximum absolute atomic E-state index is 12.2. The van der Waals surface area contributed by atoms with Crippen LogP contribution in [-0.2, 0) is 4.79 Å². The van der Waals surface area contributed by atoms with Gasteiger partial charge in [-0.25, -0.2) is 0 Å². The molecule has 2 nitrogen and oxygen atoms in total. The van der Waals surface area contributed by atoms with Gasteiger partial charge in [0.25, 0.3) is 0 Å². The second-order valence-electron chi connectivity index (χ2n) is 4.62. The maximum Gasteiger partial charge on any atom is 0.237 e. The summed E-state index contributed by atoms with van der Waals surface area (Å²) < 4.78 is 0. The standard InChI is InChI=1S/C16H15Cl2NOS/c1-10-14(18)4-3-5-15(10)19-16(20)11(2)21-13-8-6-12(17)7-9-13/h3-9,11H,1-2H3,(H,19,20)/t11-/m0/s1. The van der Waals surface area contributed by atoms with Gasteiger partial charge < -0.3 is 5.32 Å². The fourth-order valence-corrected chi connectivity index (χ4v) is 2.92. The SMILES string of the molecule is Cc1c(Cl)cccc1NC(=O)[C@H](C)Sc1ccc(Cl)cc1. The van der Waals surface area contributed by atoms with Gasteiger partial charge >= 0.3 is 0 Å². The first-order chi connectivity index (χ1) is 9.97. The van der Waals surface area contributed by atoms with E-state index < -0.39 is 0 Å². The van der Waals surface area contributed by atoms with Crippen LogP contribution < -0.4 is 5.32 Å². The van der Waals surface area contributed by atoms with Crippen LogP contribution in [0.5, 0.6) is 0 Å². The van der Waals surface area contributed by atoms with Crippen LogP contribution >= 0.6 is 35.0 Å². The first kappa shape index (κ1) is 16.2. The molecule has 0 saturated carbocycles. The van der Waals surface area contributed by atoms with E-state index in [1.165, 1.54) is 11.8 Å². The molecule has 2 aromatic carbocycles. The van der Waals surface area contributed by atoms with Crippen molar-refractivity contribution in [2.75, 3.05) is 5.32 Å². The summed E-state index contributed by atoms with van der Waals surface area (Å²) >= 11 is 13.4. The molecule has 21 heavy (non-hydrogen) atoms. The number of anilines is 1. The molecule has 1 atom stereocenters. The van der Waals surface area contributed by atoms with E-state index in [0.29, 0.717) is 10.0 Å². The first-order valence-corrected chi connectivity index (χ1v) is 8.09. The molecule has 110 valence electrons. The van der Waals surface area contributed by atoms with Gasteiger partial charge in [-0.2, -0.15) is 0 Å². The Hall–Kier alpha value is -1.16. The third-order valence-electron chi connectivity index (χ3n) is 3.02. The van der Waals surface area contributed by atoms with Gasteiger partial charge in [-0.15, -0.1) is 11.8 Å².